The van der Waals surface area contributed by atoms with E-state index in [1.54, 1.807) is 0 Å². The quantitative estimate of drug-likeness (QED) is 0.323. The number of hydroxylamine groups is 2. The van der Waals surface area contributed by atoms with E-state index in [0.717, 1.165) is 32.2 Å². The van der Waals surface area contributed by atoms with Crippen LogP contribution < -0.4 is 0 Å². The predicted molar refractivity (Wildman–Crippen MR) is 100 cm³/mol. The van der Waals surface area contributed by atoms with Gasteiger partial charge in [0.2, 0.25) is 0 Å². The first-order chi connectivity index (χ1) is 11.3. The number of hydrogen-bond donors (Lipinski definition) is 0. The first-order valence-corrected chi connectivity index (χ1v) is 8.96. The van der Waals surface area contributed by atoms with Crippen molar-refractivity contribution in [3.05, 3.63) is 61.2 Å². The number of unbranched alkanes of at least 4 members (excludes halogenated alkanes) is 1. The van der Waals surface area contributed by atoms with Gasteiger partial charge in [-0.05, 0) is 24.8 Å². The van der Waals surface area contributed by atoms with E-state index in [9.17, 15) is 0 Å². The average Bonchev–Trinajstić information content (AvgIpc) is 2.58. The molecule has 0 fully saturated rings. The van der Waals surface area contributed by atoms with E-state index in [2.05, 4.69) is 62.4 Å². The van der Waals surface area contributed by atoms with E-state index in [1.807, 2.05) is 12.2 Å². The molecule has 0 saturated carbocycles. The second-order valence-electron chi connectivity index (χ2n) is 6.00. The van der Waals surface area contributed by atoms with Crippen molar-refractivity contribution < 1.29 is 4.84 Å². The highest BCUT2D eigenvalue weighted by molar-refractivity contribution is 5.17. The molecule has 0 N–H and O–H groups in total. The Morgan fingerprint density at radius 2 is 1.78 bits per heavy atom. The number of rotatable bonds is 13. The minimum absolute atomic E-state index is 0.107. The zero-order valence-corrected chi connectivity index (χ0v) is 14.9. The fraction of sp³-hybridized carbons (Fsp3) is 0.524. The summed E-state index contributed by atoms with van der Waals surface area (Å²) in [4.78, 5) is 6.44. The normalized spacial score (nSPS) is 13.7. The first kappa shape index (κ1) is 19.7. The summed E-state index contributed by atoms with van der Waals surface area (Å²) in [5.74, 6) is 0. The smallest absolute Gasteiger partial charge is 0.104 e. The van der Waals surface area contributed by atoms with Crippen molar-refractivity contribution in [1.29, 1.82) is 0 Å². The van der Waals surface area contributed by atoms with Crippen LogP contribution in [0.4, 0.5) is 0 Å². The highest BCUT2D eigenvalue weighted by Gasteiger charge is 2.21. The van der Waals surface area contributed by atoms with Crippen LogP contribution in [0.3, 0.4) is 0 Å². The number of benzene rings is 1. The molecule has 1 aromatic rings. The van der Waals surface area contributed by atoms with Crippen LogP contribution >= 0.6 is 0 Å². The molecule has 23 heavy (non-hydrogen) atoms. The molecule has 0 heterocycles. The lowest BCUT2D eigenvalue weighted by Gasteiger charge is -2.33. The number of hydrogen-bond acceptors (Lipinski definition) is 2. The van der Waals surface area contributed by atoms with E-state index < -0.39 is 0 Å². The Labute approximate surface area is 142 Å². The fourth-order valence-corrected chi connectivity index (χ4v) is 2.79. The van der Waals surface area contributed by atoms with Crippen molar-refractivity contribution >= 4 is 0 Å². The fourth-order valence-electron chi connectivity index (χ4n) is 2.79. The summed E-state index contributed by atoms with van der Waals surface area (Å²) >= 11 is 0. The first-order valence-electron chi connectivity index (χ1n) is 8.96. The minimum atomic E-state index is 0.107. The maximum Gasteiger partial charge on any atom is 0.104 e. The van der Waals surface area contributed by atoms with Crippen LogP contribution in [0.15, 0.2) is 55.6 Å². The van der Waals surface area contributed by atoms with E-state index in [4.69, 9.17) is 4.84 Å². The van der Waals surface area contributed by atoms with Crippen molar-refractivity contribution in [3.63, 3.8) is 0 Å². The lowest BCUT2D eigenvalue weighted by atomic mass is 10.0. The van der Waals surface area contributed by atoms with E-state index in [1.165, 1.54) is 18.4 Å². The highest BCUT2D eigenvalue weighted by atomic mass is 16.7. The third kappa shape index (κ3) is 7.15. The molecule has 0 bridgehead atoms. The molecule has 1 aromatic carbocycles. The summed E-state index contributed by atoms with van der Waals surface area (Å²) < 4.78 is 0. The largest absolute Gasteiger partial charge is 0.290 e. The van der Waals surface area contributed by atoms with Gasteiger partial charge < -0.3 is 0 Å². The standard InChI is InChI=1S/C21H33NO/c1-5-9-17-20(13-6-2)22(18-8-4)23-21(14-7-3)19-15-11-10-12-16-19/h6,8,10-12,15-16,20-21H,2,4-5,7,9,13-14,17-18H2,1,3H3. The molecule has 2 atom stereocenters. The minimum Gasteiger partial charge on any atom is -0.290 e. The van der Waals surface area contributed by atoms with Crippen LogP contribution in [0.1, 0.15) is 64.0 Å². The maximum absolute atomic E-state index is 6.44. The lowest BCUT2D eigenvalue weighted by Crippen LogP contribution is -2.36. The summed E-state index contributed by atoms with van der Waals surface area (Å²) in [6.45, 7) is 13.0. The molecule has 1 rings (SSSR count). The second-order valence-corrected chi connectivity index (χ2v) is 6.00. The highest BCUT2D eigenvalue weighted by Crippen LogP contribution is 2.26. The van der Waals surface area contributed by atoms with Crippen molar-refractivity contribution in [2.45, 2.75) is 64.5 Å². The molecule has 0 radical (unpaired) electrons. The molecule has 2 nitrogen and oxygen atoms in total. The van der Waals surface area contributed by atoms with Gasteiger partial charge in [0.05, 0.1) is 0 Å². The van der Waals surface area contributed by atoms with Crippen LogP contribution in [0.25, 0.3) is 0 Å². The van der Waals surface area contributed by atoms with E-state index >= 15 is 0 Å². The van der Waals surface area contributed by atoms with Crippen LogP contribution in [-0.2, 0) is 4.84 Å². The van der Waals surface area contributed by atoms with Crippen LogP contribution in [0.5, 0.6) is 0 Å². The Morgan fingerprint density at radius 1 is 1.04 bits per heavy atom. The molecule has 0 spiro atoms. The van der Waals surface area contributed by atoms with Gasteiger partial charge in [0.15, 0.2) is 0 Å². The molecular weight excluding hydrogens is 282 g/mol. The van der Waals surface area contributed by atoms with Crippen molar-refractivity contribution in [2.75, 3.05) is 6.54 Å². The third-order valence-electron chi connectivity index (χ3n) is 4.03. The van der Waals surface area contributed by atoms with Gasteiger partial charge in [-0.25, -0.2) is 0 Å². The zero-order valence-electron chi connectivity index (χ0n) is 14.9. The summed E-state index contributed by atoms with van der Waals surface area (Å²) in [7, 11) is 0. The average molecular weight is 316 g/mol. The molecule has 0 saturated heterocycles. The molecule has 0 aliphatic rings. The SMILES string of the molecule is C=CCC(CCCC)N(CC=C)OC(CCC)c1ccccc1. The number of nitrogens with zero attached hydrogens (tertiary/aromatic N) is 1. The van der Waals surface area contributed by atoms with Crippen LogP contribution in [0, 0.1) is 0 Å². The van der Waals surface area contributed by atoms with E-state index in [0.29, 0.717) is 6.04 Å². The van der Waals surface area contributed by atoms with Gasteiger partial charge in [-0.15, -0.1) is 13.2 Å². The molecule has 128 valence electrons. The molecule has 0 aliphatic carbocycles. The van der Waals surface area contributed by atoms with Crippen LogP contribution in [0.2, 0.25) is 0 Å². The molecule has 0 aromatic heterocycles. The second kappa shape index (κ2) is 12.1. The van der Waals surface area contributed by atoms with Crippen molar-refractivity contribution in [1.82, 2.24) is 5.06 Å². The van der Waals surface area contributed by atoms with Crippen molar-refractivity contribution in [2.24, 2.45) is 0 Å². The summed E-state index contributed by atoms with van der Waals surface area (Å²) in [6.07, 6.45) is 10.6. The third-order valence-corrected chi connectivity index (χ3v) is 4.03. The Balaban J connectivity index is 2.87. The molecule has 0 amide bonds. The van der Waals surface area contributed by atoms with Crippen LogP contribution in [-0.4, -0.2) is 17.6 Å². The Morgan fingerprint density at radius 3 is 2.35 bits per heavy atom. The van der Waals surface area contributed by atoms with Gasteiger partial charge in [-0.2, -0.15) is 5.06 Å². The molecule has 2 unspecified atom stereocenters. The Bertz CT molecular complexity index is 429. The Kier molecular flexibility index (Phi) is 10.3. The van der Waals surface area contributed by atoms with Gasteiger partial charge in [0.1, 0.15) is 6.10 Å². The van der Waals surface area contributed by atoms with Gasteiger partial charge in [0.25, 0.3) is 0 Å². The van der Waals surface area contributed by atoms with E-state index in [-0.39, 0.29) is 6.10 Å². The predicted octanol–water partition coefficient (Wildman–Crippen LogP) is 6.08. The monoisotopic (exact) mass is 315 g/mol. The zero-order chi connectivity index (χ0) is 16.9. The summed E-state index contributed by atoms with van der Waals surface area (Å²) in [5, 5.41) is 2.12. The van der Waals surface area contributed by atoms with Gasteiger partial charge in [0, 0.05) is 12.6 Å². The van der Waals surface area contributed by atoms with Crippen molar-refractivity contribution in [3.8, 4) is 0 Å². The summed E-state index contributed by atoms with van der Waals surface area (Å²) in [5.41, 5.74) is 1.25. The lowest BCUT2D eigenvalue weighted by molar-refractivity contribution is -0.220. The Hall–Kier alpha value is -1.38. The van der Waals surface area contributed by atoms with Gasteiger partial charge in [-0.1, -0.05) is 75.6 Å². The molecule has 2 heteroatoms. The molecule has 0 aliphatic heterocycles. The maximum atomic E-state index is 6.44. The van der Waals surface area contributed by atoms with Gasteiger partial charge >= 0.3 is 0 Å². The van der Waals surface area contributed by atoms with Gasteiger partial charge in [-0.3, -0.25) is 4.84 Å². The summed E-state index contributed by atoms with van der Waals surface area (Å²) in [6, 6.07) is 10.9. The molecular formula is C21H33NO. The topological polar surface area (TPSA) is 12.5 Å².